The second kappa shape index (κ2) is 8.54. The third-order valence-corrected chi connectivity index (χ3v) is 3.65. The van der Waals surface area contributed by atoms with Crippen LogP contribution >= 0.6 is 11.6 Å². The maximum atomic E-state index is 6.31. The van der Waals surface area contributed by atoms with E-state index in [1.807, 2.05) is 6.92 Å². The first-order chi connectivity index (χ1) is 9.85. The topological polar surface area (TPSA) is 32.3 Å². The minimum Gasteiger partial charge on any atom is -0.355 e. The second-order valence-corrected chi connectivity index (χ2v) is 6.63. The van der Waals surface area contributed by atoms with Gasteiger partial charge in [-0.3, -0.25) is 0 Å². The number of aromatic nitrogens is 2. The van der Waals surface area contributed by atoms with Crippen LogP contribution < -0.4 is 4.90 Å². The first-order valence-electron chi connectivity index (χ1n) is 7.77. The number of nitrogens with zero attached hydrogens (tertiary/aromatic N) is 4. The van der Waals surface area contributed by atoms with Crippen molar-refractivity contribution in [2.45, 2.75) is 40.5 Å². The Bertz CT molecular complexity index is 446. The van der Waals surface area contributed by atoms with Gasteiger partial charge in [0.1, 0.15) is 16.8 Å². The van der Waals surface area contributed by atoms with Crippen LogP contribution in [-0.4, -0.2) is 48.6 Å². The van der Waals surface area contributed by atoms with Crippen LogP contribution in [0.3, 0.4) is 0 Å². The van der Waals surface area contributed by atoms with Crippen molar-refractivity contribution in [3.8, 4) is 0 Å². The van der Waals surface area contributed by atoms with Gasteiger partial charge in [0.15, 0.2) is 0 Å². The molecule has 0 aliphatic carbocycles. The molecule has 0 saturated heterocycles. The van der Waals surface area contributed by atoms with Gasteiger partial charge in [-0.15, -0.1) is 0 Å². The van der Waals surface area contributed by atoms with Crippen molar-refractivity contribution in [2.24, 2.45) is 5.92 Å². The molecule has 0 radical (unpaired) electrons. The van der Waals surface area contributed by atoms with Gasteiger partial charge in [0.25, 0.3) is 0 Å². The van der Waals surface area contributed by atoms with Crippen LogP contribution in [0.25, 0.3) is 0 Å². The van der Waals surface area contributed by atoms with Crippen LogP contribution in [0.2, 0.25) is 5.15 Å². The predicted molar refractivity (Wildman–Crippen MR) is 91.4 cm³/mol. The summed E-state index contributed by atoms with van der Waals surface area (Å²) in [6, 6.07) is 0. The molecule has 0 saturated carbocycles. The Hall–Kier alpha value is -0.870. The Morgan fingerprint density at radius 2 is 1.81 bits per heavy atom. The Morgan fingerprint density at radius 3 is 2.33 bits per heavy atom. The van der Waals surface area contributed by atoms with E-state index in [-0.39, 0.29) is 0 Å². The van der Waals surface area contributed by atoms with E-state index in [0.29, 0.717) is 11.1 Å². The summed E-state index contributed by atoms with van der Waals surface area (Å²) in [5.41, 5.74) is 0.982. The number of aryl methyl sites for hydroxylation is 1. The molecule has 4 nitrogen and oxygen atoms in total. The monoisotopic (exact) mass is 312 g/mol. The van der Waals surface area contributed by atoms with Crippen LogP contribution in [0.15, 0.2) is 0 Å². The summed E-state index contributed by atoms with van der Waals surface area (Å²) in [5.74, 6) is 2.42. The number of anilines is 1. The fourth-order valence-electron chi connectivity index (χ4n) is 2.21. The summed E-state index contributed by atoms with van der Waals surface area (Å²) in [6.07, 6.45) is 1.90. The molecule has 0 bridgehead atoms. The molecule has 1 aromatic heterocycles. The molecule has 0 atom stereocenters. The van der Waals surface area contributed by atoms with Gasteiger partial charge in [0.2, 0.25) is 0 Å². The molecular formula is C16H29ClN4. The number of hydrogen-bond donors (Lipinski definition) is 0. The first kappa shape index (κ1) is 18.2. The summed E-state index contributed by atoms with van der Waals surface area (Å²) >= 11 is 6.31. The molecule has 0 spiro atoms. The number of rotatable bonds is 8. The fraction of sp³-hybridized carbons (Fsp3) is 0.750. The average Bonchev–Trinajstić information content (AvgIpc) is 2.38. The smallest absolute Gasteiger partial charge is 0.137 e. The summed E-state index contributed by atoms with van der Waals surface area (Å²) in [4.78, 5) is 13.7. The average molecular weight is 313 g/mol. The van der Waals surface area contributed by atoms with Gasteiger partial charge in [0.05, 0.1) is 0 Å². The van der Waals surface area contributed by atoms with Crippen molar-refractivity contribution in [3.63, 3.8) is 0 Å². The molecule has 21 heavy (non-hydrogen) atoms. The number of hydrogen-bond acceptors (Lipinski definition) is 4. The Labute approximate surface area is 134 Å². The second-order valence-electron chi connectivity index (χ2n) is 6.27. The molecule has 0 aliphatic heterocycles. The van der Waals surface area contributed by atoms with Crippen LogP contribution in [0.1, 0.15) is 38.6 Å². The van der Waals surface area contributed by atoms with E-state index in [9.17, 15) is 0 Å². The number of likely N-dealkylation sites (N-methyl/N-ethyl adjacent to an activating group) is 1. The van der Waals surface area contributed by atoms with Crippen molar-refractivity contribution in [1.82, 2.24) is 14.9 Å². The van der Waals surface area contributed by atoms with Gasteiger partial charge in [-0.1, -0.05) is 32.4 Å². The van der Waals surface area contributed by atoms with E-state index in [2.05, 4.69) is 49.7 Å². The molecule has 0 N–H and O–H groups in total. The first-order valence-corrected chi connectivity index (χ1v) is 8.15. The Kier molecular flexibility index (Phi) is 7.40. The zero-order chi connectivity index (χ0) is 16.0. The summed E-state index contributed by atoms with van der Waals surface area (Å²) in [7, 11) is 4.19. The highest BCUT2D eigenvalue weighted by Crippen LogP contribution is 2.24. The number of halogens is 1. The van der Waals surface area contributed by atoms with E-state index < -0.39 is 0 Å². The lowest BCUT2D eigenvalue weighted by Gasteiger charge is -2.28. The van der Waals surface area contributed by atoms with Gasteiger partial charge >= 0.3 is 0 Å². The Morgan fingerprint density at radius 1 is 1.14 bits per heavy atom. The van der Waals surface area contributed by atoms with E-state index in [1.54, 1.807) is 0 Å². The zero-order valence-electron chi connectivity index (χ0n) is 14.3. The summed E-state index contributed by atoms with van der Waals surface area (Å²) in [5, 5.41) is 0.585. The van der Waals surface area contributed by atoms with Gasteiger partial charge in [-0.05, 0) is 33.4 Å². The van der Waals surface area contributed by atoms with Crippen molar-refractivity contribution in [3.05, 3.63) is 16.5 Å². The van der Waals surface area contributed by atoms with E-state index in [4.69, 9.17) is 16.6 Å². The quantitative estimate of drug-likeness (QED) is 0.689. The van der Waals surface area contributed by atoms with Crippen LogP contribution in [-0.2, 0) is 6.42 Å². The molecule has 1 rings (SSSR count). The standard InChI is InChI=1S/C16H29ClN4/c1-7-8-14-18-15(17)13(4)16(19-14)21(11-12(2)3)10-9-20(5)6/h12H,7-11H2,1-6H3. The molecule has 120 valence electrons. The zero-order valence-corrected chi connectivity index (χ0v) is 15.0. The van der Waals surface area contributed by atoms with Gasteiger partial charge < -0.3 is 9.80 Å². The van der Waals surface area contributed by atoms with Crippen LogP contribution in [0.4, 0.5) is 5.82 Å². The molecule has 0 unspecified atom stereocenters. The van der Waals surface area contributed by atoms with Crippen molar-refractivity contribution in [2.75, 3.05) is 38.6 Å². The maximum Gasteiger partial charge on any atom is 0.137 e. The van der Waals surface area contributed by atoms with E-state index >= 15 is 0 Å². The van der Waals surface area contributed by atoms with E-state index in [0.717, 1.165) is 49.7 Å². The molecule has 0 aromatic carbocycles. The lowest BCUT2D eigenvalue weighted by molar-refractivity contribution is 0.408. The molecule has 0 aliphatic rings. The van der Waals surface area contributed by atoms with Gasteiger partial charge in [0, 0.05) is 31.6 Å². The van der Waals surface area contributed by atoms with Crippen LogP contribution in [0.5, 0.6) is 0 Å². The highest BCUT2D eigenvalue weighted by Gasteiger charge is 2.17. The van der Waals surface area contributed by atoms with Crippen molar-refractivity contribution >= 4 is 17.4 Å². The third kappa shape index (κ3) is 5.79. The summed E-state index contributed by atoms with van der Waals surface area (Å²) < 4.78 is 0. The highest BCUT2D eigenvalue weighted by atomic mass is 35.5. The lowest BCUT2D eigenvalue weighted by atomic mass is 10.2. The molecule has 5 heteroatoms. The predicted octanol–water partition coefficient (Wildman–Crippen LogP) is 3.41. The molecule has 1 heterocycles. The Balaban J connectivity index is 3.08. The van der Waals surface area contributed by atoms with Gasteiger partial charge in [-0.2, -0.15) is 0 Å². The minimum atomic E-state index is 0.579. The molecule has 1 aromatic rings. The fourth-order valence-corrected chi connectivity index (χ4v) is 2.39. The normalized spacial score (nSPS) is 11.5. The minimum absolute atomic E-state index is 0.579. The van der Waals surface area contributed by atoms with Crippen molar-refractivity contribution in [1.29, 1.82) is 0 Å². The lowest BCUT2D eigenvalue weighted by Crippen LogP contribution is -2.35. The molecular weight excluding hydrogens is 284 g/mol. The van der Waals surface area contributed by atoms with Gasteiger partial charge in [-0.25, -0.2) is 9.97 Å². The summed E-state index contributed by atoms with van der Waals surface area (Å²) in [6.45, 7) is 11.5. The molecule has 0 fully saturated rings. The highest BCUT2D eigenvalue weighted by molar-refractivity contribution is 6.30. The SMILES string of the molecule is CCCc1nc(Cl)c(C)c(N(CCN(C)C)CC(C)C)n1. The molecule has 0 amide bonds. The largest absolute Gasteiger partial charge is 0.355 e. The van der Waals surface area contributed by atoms with Crippen molar-refractivity contribution < 1.29 is 0 Å². The van der Waals surface area contributed by atoms with Crippen LogP contribution in [0, 0.1) is 12.8 Å². The van der Waals surface area contributed by atoms with E-state index in [1.165, 1.54) is 0 Å². The maximum absolute atomic E-state index is 6.31. The third-order valence-electron chi connectivity index (χ3n) is 3.28.